The van der Waals surface area contributed by atoms with Gasteiger partial charge in [0.25, 0.3) is 0 Å². The van der Waals surface area contributed by atoms with Crippen LogP contribution in [0.4, 0.5) is 0 Å². The molecular formula is C45H28N4O. The molecule has 0 atom stereocenters. The van der Waals surface area contributed by atoms with E-state index in [4.69, 9.17) is 19.4 Å². The van der Waals surface area contributed by atoms with E-state index in [1.165, 1.54) is 21.8 Å². The largest absolute Gasteiger partial charge is 0.456 e. The third kappa shape index (κ3) is 4.67. The zero-order valence-corrected chi connectivity index (χ0v) is 26.9. The maximum absolute atomic E-state index is 6.22. The van der Waals surface area contributed by atoms with E-state index >= 15 is 0 Å². The summed E-state index contributed by atoms with van der Waals surface area (Å²) in [4.78, 5) is 15.0. The zero-order valence-electron chi connectivity index (χ0n) is 26.9. The Hall–Kier alpha value is -6.85. The maximum atomic E-state index is 6.22. The molecule has 10 rings (SSSR count). The van der Waals surface area contributed by atoms with Gasteiger partial charge in [-0.05, 0) is 65.7 Å². The second-order valence-electron chi connectivity index (χ2n) is 12.5. The number of aromatic nitrogens is 4. The lowest BCUT2D eigenvalue weighted by atomic mass is 10.0. The Kier molecular flexibility index (Phi) is 6.42. The first-order chi connectivity index (χ1) is 24.8. The molecule has 50 heavy (non-hydrogen) atoms. The van der Waals surface area contributed by atoms with Gasteiger partial charge in [-0.25, -0.2) is 15.0 Å². The smallest absolute Gasteiger partial charge is 0.164 e. The van der Waals surface area contributed by atoms with Gasteiger partial charge >= 0.3 is 0 Å². The van der Waals surface area contributed by atoms with Crippen molar-refractivity contribution in [1.82, 2.24) is 19.5 Å². The van der Waals surface area contributed by atoms with Crippen molar-refractivity contribution >= 4 is 43.7 Å². The standard InChI is InChI=1S/C45H28N4O/c1-3-12-29(13-4-1)43-46-44(48-45(47-43)33-22-24-37-36-19-8-10-21-41(36)50-42(37)28-33)32-15-11-14-30(26-32)31-23-25-40-38(27-31)35-18-7-9-20-39(35)49(40)34-16-5-2-6-17-34/h1-28H. The highest BCUT2D eigenvalue weighted by Crippen LogP contribution is 2.36. The first kappa shape index (κ1) is 28.2. The first-order valence-electron chi connectivity index (χ1n) is 16.7. The van der Waals surface area contributed by atoms with Gasteiger partial charge in [-0.3, -0.25) is 0 Å². The van der Waals surface area contributed by atoms with Gasteiger partial charge in [-0.1, -0.05) is 115 Å². The molecule has 0 unspecified atom stereocenters. The molecule has 3 heterocycles. The van der Waals surface area contributed by atoms with Gasteiger partial charge in [0.05, 0.1) is 11.0 Å². The van der Waals surface area contributed by atoms with Gasteiger partial charge in [0, 0.05) is 43.9 Å². The summed E-state index contributed by atoms with van der Waals surface area (Å²) in [5.74, 6) is 1.83. The summed E-state index contributed by atoms with van der Waals surface area (Å²) < 4.78 is 8.56. The van der Waals surface area contributed by atoms with E-state index in [0.717, 1.165) is 55.4 Å². The summed E-state index contributed by atoms with van der Waals surface area (Å²) >= 11 is 0. The van der Waals surface area contributed by atoms with Crippen LogP contribution in [0.3, 0.4) is 0 Å². The van der Waals surface area contributed by atoms with E-state index in [0.29, 0.717) is 17.5 Å². The fourth-order valence-corrected chi connectivity index (χ4v) is 7.06. The fourth-order valence-electron chi connectivity index (χ4n) is 7.06. The molecule has 0 aliphatic carbocycles. The normalized spacial score (nSPS) is 11.6. The minimum atomic E-state index is 0.594. The van der Waals surface area contributed by atoms with Crippen molar-refractivity contribution in [2.45, 2.75) is 0 Å². The fraction of sp³-hybridized carbons (Fsp3) is 0. The summed E-state index contributed by atoms with van der Waals surface area (Å²) in [6.07, 6.45) is 0. The molecule has 0 radical (unpaired) electrons. The lowest BCUT2D eigenvalue weighted by Gasteiger charge is -2.10. The minimum Gasteiger partial charge on any atom is -0.456 e. The first-order valence-corrected chi connectivity index (χ1v) is 16.7. The van der Waals surface area contributed by atoms with Crippen LogP contribution in [0.1, 0.15) is 0 Å². The van der Waals surface area contributed by atoms with Gasteiger partial charge < -0.3 is 8.98 Å². The Balaban J connectivity index is 1.11. The van der Waals surface area contributed by atoms with Crippen molar-refractivity contribution in [2.75, 3.05) is 0 Å². The van der Waals surface area contributed by atoms with Gasteiger partial charge in [0.1, 0.15) is 11.2 Å². The third-order valence-electron chi connectivity index (χ3n) is 9.45. The average Bonchev–Trinajstić information content (AvgIpc) is 3.73. The summed E-state index contributed by atoms with van der Waals surface area (Å²) in [6, 6.07) is 58.7. The monoisotopic (exact) mass is 640 g/mol. The molecule has 3 aromatic heterocycles. The Morgan fingerprint density at radius 3 is 1.72 bits per heavy atom. The number of nitrogens with zero attached hydrogens (tertiary/aromatic N) is 4. The Morgan fingerprint density at radius 2 is 0.900 bits per heavy atom. The Labute approximate surface area is 287 Å². The molecular weight excluding hydrogens is 613 g/mol. The molecule has 0 aliphatic rings. The molecule has 0 bridgehead atoms. The Morgan fingerprint density at radius 1 is 0.340 bits per heavy atom. The van der Waals surface area contributed by atoms with Crippen molar-refractivity contribution in [1.29, 1.82) is 0 Å². The molecule has 5 heteroatoms. The predicted octanol–water partition coefficient (Wildman–Crippen LogP) is 11.5. The van der Waals surface area contributed by atoms with Crippen molar-refractivity contribution in [2.24, 2.45) is 0 Å². The lowest BCUT2D eigenvalue weighted by molar-refractivity contribution is 0.669. The molecule has 0 aliphatic heterocycles. The summed E-state index contributed by atoms with van der Waals surface area (Å²) in [6.45, 7) is 0. The topological polar surface area (TPSA) is 56.7 Å². The Bertz CT molecular complexity index is 2870. The molecule has 0 N–H and O–H groups in total. The third-order valence-corrected chi connectivity index (χ3v) is 9.45. The van der Waals surface area contributed by atoms with Crippen LogP contribution >= 0.6 is 0 Å². The highest BCUT2D eigenvalue weighted by molar-refractivity contribution is 6.10. The van der Waals surface area contributed by atoms with Crippen molar-refractivity contribution in [3.05, 3.63) is 170 Å². The van der Waals surface area contributed by atoms with Crippen LogP contribution in [0.5, 0.6) is 0 Å². The van der Waals surface area contributed by atoms with Gasteiger partial charge in [-0.2, -0.15) is 0 Å². The van der Waals surface area contributed by atoms with Gasteiger partial charge in [0.2, 0.25) is 0 Å². The quantitative estimate of drug-likeness (QED) is 0.188. The number of rotatable bonds is 5. The van der Waals surface area contributed by atoms with E-state index < -0.39 is 0 Å². The average molecular weight is 641 g/mol. The number of benzene rings is 7. The highest BCUT2D eigenvalue weighted by atomic mass is 16.3. The molecule has 0 amide bonds. The molecule has 0 saturated carbocycles. The van der Waals surface area contributed by atoms with E-state index in [-0.39, 0.29) is 0 Å². The number of fused-ring (bicyclic) bond motifs is 6. The van der Waals surface area contributed by atoms with E-state index in [1.807, 2.05) is 54.6 Å². The molecule has 0 spiro atoms. The maximum Gasteiger partial charge on any atom is 0.164 e. The lowest BCUT2D eigenvalue weighted by Crippen LogP contribution is -2.00. The number of furan rings is 1. The van der Waals surface area contributed by atoms with Crippen LogP contribution in [0.15, 0.2) is 174 Å². The summed E-state index contributed by atoms with van der Waals surface area (Å²) in [7, 11) is 0. The summed E-state index contributed by atoms with van der Waals surface area (Å²) in [5, 5.41) is 4.59. The van der Waals surface area contributed by atoms with Crippen LogP contribution in [0, 0.1) is 0 Å². The number of para-hydroxylation sites is 3. The van der Waals surface area contributed by atoms with Crippen LogP contribution in [0.2, 0.25) is 0 Å². The van der Waals surface area contributed by atoms with E-state index in [9.17, 15) is 0 Å². The van der Waals surface area contributed by atoms with Crippen molar-refractivity contribution < 1.29 is 4.42 Å². The van der Waals surface area contributed by atoms with E-state index in [1.54, 1.807) is 0 Å². The molecule has 5 nitrogen and oxygen atoms in total. The second-order valence-corrected chi connectivity index (χ2v) is 12.5. The summed E-state index contributed by atoms with van der Waals surface area (Å²) in [5.41, 5.74) is 10.1. The molecule has 0 fully saturated rings. The SMILES string of the molecule is c1ccc(-c2nc(-c3cccc(-c4ccc5c(c4)c4ccccc4n5-c4ccccc4)c3)nc(-c3ccc4c(c3)oc3ccccc34)n2)cc1. The number of hydrogen-bond acceptors (Lipinski definition) is 4. The van der Waals surface area contributed by atoms with Crippen LogP contribution in [-0.4, -0.2) is 19.5 Å². The van der Waals surface area contributed by atoms with Crippen LogP contribution in [0.25, 0.3) is 94.7 Å². The van der Waals surface area contributed by atoms with Crippen LogP contribution < -0.4 is 0 Å². The van der Waals surface area contributed by atoms with Gasteiger partial charge in [-0.15, -0.1) is 0 Å². The molecule has 234 valence electrons. The minimum absolute atomic E-state index is 0.594. The zero-order chi connectivity index (χ0) is 33.0. The number of hydrogen-bond donors (Lipinski definition) is 0. The molecule has 7 aromatic carbocycles. The van der Waals surface area contributed by atoms with Crippen LogP contribution in [-0.2, 0) is 0 Å². The van der Waals surface area contributed by atoms with E-state index in [2.05, 4.69) is 120 Å². The molecule has 0 saturated heterocycles. The van der Waals surface area contributed by atoms with Gasteiger partial charge in [0.15, 0.2) is 17.5 Å². The van der Waals surface area contributed by atoms with Crippen molar-refractivity contribution in [3.63, 3.8) is 0 Å². The second kappa shape index (κ2) is 11.4. The predicted molar refractivity (Wildman–Crippen MR) is 203 cm³/mol. The molecule has 10 aromatic rings. The van der Waals surface area contributed by atoms with Crippen molar-refractivity contribution in [3.8, 4) is 51.0 Å². The highest BCUT2D eigenvalue weighted by Gasteiger charge is 2.16.